The fourth-order valence-electron chi connectivity index (χ4n) is 1.35. The second-order valence-corrected chi connectivity index (χ2v) is 4.12. The van der Waals surface area contributed by atoms with E-state index in [9.17, 15) is 0 Å². The average molecular weight is 232 g/mol. The molecule has 0 spiro atoms. The number of nitrogens with zero attached hydrogens (tertiary/aromatic N) is 1. The molecule has 0 fully saturated rings. The van der Waals surface area contributed by atoms with Crippen molar-refractivity contribution in [3.8, 4) is 17.6 Å². The van der Waals surface area contributed by atoms with E-state index in [1.54, 1.807) is 12.4 Å². The topological polar surface area (TPSA) is 48.1 Å². The minimum Gasteiger partial charge on any atom is -0.489 e. The van der Waals surface area contributed by atoms with E-state index in [1.165, 1.54) is 0 Å². The molecular formula is C14H20N2O. The van der Waals surface area contributed by atoms with Crippen LogP contribution in [0.2, 0.25) is 0 Å². The van der Waals surface area contributed by atoms with Gasteiger partial charge in [0.2, 0.25) is 0 Å². The smallest absolute Gasteiger partial charge is 0.139 e. The van der Waals surface area contributed by atoms with E-state index >= 15 is 0 Å². The van der Waals surface area contributed by atoms with E-state index < -0.39 is 0 Å². The van der Waals surface area contributed by atoms with E-state index in [-0.39, 0.29) is 6.10 Å². The Morgan fingerprint density at radius 3 is 2.88 bits per heavy atom. The van der Waals surface area contributed by atoms with Crippen molar-refractivity contribution in [1.29, 1.82) is 0 Å². The third kappa shape index (κ3) is 5.94. The maximum Gasteiger partial charge on any atom is 0.139 e. The van der Waals surface area contributed by atoms with Crippen molar-refractivity contribution in [2.24, 2.45) is 5.73 Å². The molecule has 0 amide bonds. The molecule has 92 valence electrons. The molecular weight excluding hydrogens is 212 g/mol. The number of hydrogen-bond donors (Lipinski definition) is 1. The summed E-state index contributed by atoms with van der Waals surface area (Å²) < 4.78 is 5.55. The van der Waals surface area contributed by atoms with Gasteiger partial charge >= 0.3 is 0 Å². The monoisotopic (exact) mass is 232 g/mol. The Morgan fingerprint density at radius 1 is 1.35 bits per heavy atom. The predicted molar refractivity (Wildman–Crippen MR) is 69.8 cm³/mol. The molecule has 3 nitrogen and oxygen atoms in total. The highest BCUT2D eigenvalue weighted by Crippen LogP contribution is 2.12. The minimum atomic E-state index is 0.157. The van der Waals surface area contributed by atoms with Crippen LogP contribution in [0.15, 0.2) is 18.5 Å². The summed E-state index contributed by atoms with van der Waals surface area (Å²) in [5.74, 6) is 6.97. The number of hydrogen-bond acceptors (Lipinski definition) is 3. The van der Waals surface area contributed by atoms with E-state index in [2.05, 4.69) is 16.8 Å². The number of aromatic nitrogens is 1. The highest BCUT2D eigenvalue weighted by Gasteiger charge is 1.98. The summed E-state index contributed by atoms with van der Waals surface area (Å²) >= 11 is 0. The molecule has 0 bridgehead atoms. The molecule has 0 radical (unpaired) electrons. The molecule has 2 N–H and O–H groups in total. The number of ether oxygens (including phenoxy) is 1. The Balaban J connectivity index is 2.53. The van der Waals surface area contributed by atoms with Gasteiger partial charge in [0.25, 0.3) is 0 Å². The number of rotatable bonds is 5. The zero-order chi connectivity index (χ0) is 12.5. The third-order valence-corrected chi connectivity index (χ3v) is 2.07. The van der Waals surface area contributed by atoms with E-state index in [0.717, 1.165) is 37.1 Å². The molecule has 0 atom stereocenters. The van der Waals surface area contributed by atoms with Gasteiger partial charge in [-0.15, -0.1) is 0 Å². The van der Waals surface area contributed by atoms with Crippen molar-refractivity contribution in [3.63, 3.8) is 0 Å². The van der Waals surface area contributed by atoms with E-state index in [1.807, 2.05) is 19.9 Å². The van der Waals surface area contributed by atoms with Crippen LogP contribution in [0.5, 0.6) is 5.75 Å². The third-order valence-electron chi connectivity index (χ3n) is 2.07. The molecule has 0 unspecified atom stereocenters. The summed E-state index contributed by atoms with van der Waals surface area (Å²) in [6.07, 6.45) is 6.59. The zero-order valence-corrected chi connectivity index (χ0v) is 10.6. The largest absolute Gasteiger partial charge is 0.489 e. The molecule has 0 aromatic carbocycles. The first-order valence-corrected chi connectivity index (χ1v) is 6.03. The van der Waals surface area contributed by atoms with Crippen molar-refractivity contribution >= 4 is 0 Å². The lowest BCUT2D eigenvalue weighted by Gasteiger charge is -2.08. The Morgan fingerprint density at radius 2 is 2.18 bits per heavy atom. The van der Waals surface area contributed by atoms with Crippen LogP contribution in [0.4, 0.5) is 0 Å². The van der Waals surface area contributed by atoms with Crippen molar-refractivity contribution in [3.05, 3.63) is 24.0 Å². The van der Waals surface area contributed by atoms with Gasteiger partial charge in [-0.1, -0.05) is 11.8 Å². The highest BCUT2D eigenvalue weighted by molar-refractivity contribution is 5.36. The summed E-state index contributed by atoms with van der Waals surface area (Å²) in [6.45, 7) is 4.72. The summed E-state index contributed by atoms with van der Waals surface area (Å²) in [7, 11) is 0. The lowest BCUT2D eigenvalue weighted by Crippen LogP contribution is -2.05. The van der Waals surface area contributed by atoms with E-state index in [4.69, 9.17) is 10.5 Å². The first-order chi connectivity index (χ1) is 8.22. The normalized spacial score (nSPS) is 9.88. The fraction of sp³-hybridized carbons (Fsp3) is 0.500. The van der Waals surface area contributed by atoms with E-state index in [0.29, 0.717) is 0 Å². The van der Waals surface area contributed by atoms with Crippen molar-refractivity contribution in [2.45, 2.75) is 39.2 Å². The molecule has 0 aliphatic carbocycles. The van der Waals surface area contributed by atoms with Gasteiger partial charge in [-0.2, -0.15) is 0 Å². The van der Waals surface area contributed by atoms with Gasteiger partial charge in [0.1, 0.15) is 5.75 Å². The molecule has 1 heterocycles. The molecule has 1 rings (SSSR count). The Bertz CT molecular complexity index is 391. The van der Waals surface area contributed by atoms with Gasteiger partial charge in [-0.05, 0) is 39.3 Å². The molecule has 0 saturated carbocycles. The van der Waals surface area contributed by atoms with Crippen molar-refractivity contribution in [2.75, 3.05) is 6.54 Å². The van der Waals surface area contributed by atoms with Crippen molar-refractivity contribution in [1.82, 2.24) is 4.98 Å². The van der Waals surface area contributed by atoms with Crippen LogP contribution in [0.3, 0.4) is 0 Å². The Hall–Kier alpha value is -1.53. The maximum atomic E-state index is 5.55. The first kappa shape index (κ1) is 13.5. The Labute approximate surface area is 103 Å². The summed E-state index contributed by atoms with van der Waals surface area (Å²) in [6, 6.07) is 1.92. The van der Waals surface area contributed by atoms with Crippen LogP contribution in [-0.4, -0.2) is 17.6 Å². The summed E-state index contributed by atoms with van der Waals surface area (Å²) in [4.78, 5) is 4.11. The first-order valence-electron chi connectivity index (χ1n) is 6.03. The summed E-state index contributed by atoms with van der Waals surface area (Å²) in [5.41, 5.74) is 6.31. The number of unbranched alkanes of at least 4 members (excludes halogenated alkanes) is 2. The lowest BCUT2D eigenvalue weighted by atomic mass is 10.2. The summed E-state index contributed by atoms with van der Waals surface area (Å²) in [5, 5.41) is 0. The van der Waals surface area contributed by atoms with Gasteiger partial charge < -0.3 is 10.5 Å². The van der Waals surface area contributed by atoms with Crippen LogP contribution >= 0.6 is 0 Å². The van der Waals surface area contributed by atoms with Crippen LogP contribution in [0.1, 0.15) is 38.7 Å². The zero-order valence-electron chi connectivity index (χ0n) is 10.6. The van der Waals surface area contributed by atoms with Gasteiger partial charge in [-0.3, -0.25) is 4.98 Å². The van der Waals surface area contributed by atoms with Crippen LogP contribution < -0.4 is 10.5 Å². The second-order valence-electron chi connectivity index (χ2n) is 4.12. The molecule has 0 saturated heterocycles. The Kier molecular flexibility index (Phi) is 6.13. The van der Waals surface area contributed by atoms with Crippen LogP contribution in [0, 0.1) is 11.8 Å². The minimum absolute atomic E-state index is 0.157. The molecule has 1 aromatic rings. The molecule has 3 heteroatoms. The second kappa shape index (κ2) is 7.70. The fourth-order valence-corrected chi connectivity index (χ4v) is 1.35. The molecule has 1 aromatic heterocycles. The van der Waals surface area contributed by atoms with Gasteiger partial charge in [0, 0.05) is 18.2 Å². The molecule has 0 aliphatic rings. The predicted octanol–water partition coefficient (Wildman–Crippen LogP) is 2.35. The lowest BCUT2D eigenvalue weighted by molar-refractivity contribution is 0.241. The average Bonchev–Trinajstić information content (AvgIpc) is 2.28. The van der Waals surface area contributed by atoms with Gasteiger partial charge in [0.05, 0.1) is 12.3 Å². The number of nitrogens with two attached hydrogens (primary N) is 1. The SMILES string of the molecule is CC(C)Oc1cncc(C#CCCCCN)c1. The van der Waals surface area contributed by atoms with Gasteiger partial charge in [0.15, 0.2) is 0 Å². The quantitative estimate of drug-likeness (QED) is 0.626. The molecule has 17 heavy (non-hydrogen) atoms. The van der Waals surface area contributed by atoms with Crippen LogP contribution in [0.25, 0.3) is 0 Å². The highest BCUT2D eigenvalue weighted by atomic mass is 16.5. The maximum absolute atomic E-state index is 5.55. The molecule has 0 aliphatic heterocycles. The van der Waals surface area contributed by atoms with Crippen LogP contribution in [-0.2, 0) is 0 Å². The van der Waals surface area contributed by atoms with Gasteiger partial charge in [-0.25, -0.2) is 0 Å². The van der Waals surface area contributed by atoms with Crippen molar-refractivity contribution < 1.29 is 4.74 Å². The number of pyridine rings is 1. The standard InChI is InChI=1S/C14H20N2O/c1-12(2)17-14-9-13(10-16-11-14)7-5-3-4-6-8-15/h9-12H,3-4,6,8,15H2,1-2H3.